The van der Waals surface area contributed by atoms with Crippen LogP contribution in [-0.2, 0) is 6.54 Å². The van der Waals surface area contributed by atoms with Gasteiger partial charge < -0.3 is 15.8 Å². The summed E-state index contributed by atoms with van der Waals surface area (Å²) in [4.78, 5) is 12.2. The van der Waals surface area contributed by atoms with E-state index in [2.05, 4.69) is 5.32 Å². The minimum atomic E-state index is -0.215. The van der Waals surface area contributed by atoms with Crippen molar-refractivity contribution in [1.82, 2.24) is 5.32 Å². The van der Waals surface area contributed by atoms with Crippen LogP contribution in [0.2, 0.25) is 0 Å². The maximum Gasteiger partial charge on any atom is 0.257 e. The third kappa shape index (κ3) is 3.26. The number of anilines is 1. The molecule has 19 heavy (non-hydrogen) atoms. The molecule has 0 saturated heterocycles. The molecule has 2 aromatic rings. The lowest BCUT2D eigenvalue weighted by Crippen LogP contribution is -2.24. The molecule has 0 radical (unpaired) electrons. The van der Waals surface area contributed by atoms with E-state index in [1.54, 1.807) is 29.5 Å². The number of thiophene rings is 1. The number of carbonyl (C=O) groups excluding carboxylic acids is 1. The number of nitrogens with one attached hydrogen (secondary N) is 1. The Kier molecular flexibility index (Phi) is 4.41. The standard InChI is InChI=1S/C14H16N2O2S/c1-2-18-12-5-3-4-11(15)13(12)14(17)16-8-10-6-7-19-9-10/h3-7,9H,2,8,15H2,1H3,(H,16,17). The Hall–Kier alpha value is -2.01. The molecule has 5 heteroatoms. The van der Waals surface area contributed by atoms with Gasteiger partial charge in [-0.2, -0.15) is 11.3 Å². The van der Waals surface area contributed by atoms with Gasteiger partial charge in [-0.3, -0.25) is 4.79 Å². The van der Waals surface area contributed by atoms with Gasteiger partial charge in [0.25, 0.3) is 5.91 Å². The fourth-order valence-corrected chi connectivity index (χ4v) is 2.40. The highest BCUT2D eigenvalue weighted by Gasteiger charge is 2.15. The van der Waals surface area contributed by atoms with Gasteiger partial charge in [-0.15, -0.1) is 0 Å². The van der Waals surface area contributed by atoms with Gasteiger partial charge in [0.2, 0.25) is 0 Å². The first-order chi connectivity index (χ1) is 9.22. The van der Waals surface area contributed by atoms with Gasteiger partial charge in [0.15, 0.2) is 0 Å². The molecule has 1 heterocycles. The van der Waals surface area contributed by atoms with Crippen molar-refractivity contribution in [2.75, 3.05) is 12.3 Å². The van der Waals surface area contributed by atoms with E-state index in [9.17, 15) is 4.79 Å². The van der Waals surface area contributed by atoms with E-state index in [0.717, 1.165) is 5.56 Å². The molecule has 0 fully saturated rings. The molecule has 0 aliphatic carbocycles. The van der Waals surface area contributed by atoms with Gasteiger partial charge in [-0.25, -0.2) is 0 Å². The predicted octanol–water partition coefficient (Wildman–Crippen LogP) is 2.66. The van der Waals surface area contributed by atoms with E-state index in [1.807, 2.05) is 23.8 Å². The molecular formula is C14H16N2O2S. The molecule has 2 rings (SSSR count). The lowest BCUT2D eigenvalue weighted by molar-refractivity contribution is 0.0948. The summed E-state index contributed by atoms with van der Waals surface area (Å²) < 4.78 is 5.44. The molecule has 3 N–H and O–H groups in total. The smallest absolute Gasteiger partial charge is 0.257 e. The van der Waals surface area contributed by atoms with Crippen molar-refractivity contribution in [3.8, 4) is 5.75 Å². The summed E-state index contributed by atoms with van der Waals surface area (Å²) >= 11 is 1.60. The molecule has 0 aliphatic rings. The minimum absolute atomic E-state index is 0.215. The second-order valence-corrected chi connectivity index (χ2v) is 4.75. The Morgan fingerprint density at radius 2 is 2.26 bits per heavy atom. The second kappa shape index (κ2) is 6.24. The first kappa shape index (κ1) is 13.4. The number of rotatable bonds is 5. The lowest BCUT2D eigenvalue weighted by atomic mass is 10.1. The van der Waals surface area contributed by atoms with Crippen LogP contribution in [0.15, 0.2) is 35.0 Å². The van der Waals surface area contributed by atoms with E-state index >= 15 is 0 Å². The van der Waals surface area contributed by atoms with Crippen molar-refractivity contribution >= 4 is 22.9 Å². The van der Waals surface area contributed by atoms with Crippen molar-refractivity contribution < 1.29 is 9.53 Å². The van der Waals surface area contributed by atoms with Crippen LogP contribution in [0.3, 0.4) is 0 Å². The molecule has 100 valence electrons. The van der Waals surface area contributed by atoms with Gasteiger partial charge in [0.1, 0.15) is 11.3 Å². The quantitative estimate of drug-likeness (QED) is 0.825. The number of benzene rings is 1. The van der Waals surface area contributed by atoms with Gasteiger partial charge in [-0.1, -0.05) is 6.07 Å². The maximum absolute atomic E-state index is 12.2. The van der Waals surface area contributed by atoms with Crippen LogP contribution < -0.4 is 15.8 Å². The molecule has 1 amide bonds. The van der Waals surface area contributed by atoms with Crippen molar-refractivity contribution in [2.45, 2.75) is 13.5 Å². The number of hydrogen-bond donors (Lipinski definition) is 2. The van der Waals surface area contributed by atoms with E-state index in [4.69, 9.17) is 10.5 Å². The molecule has 0 saturated carbocycles. The highest BCUT2D eigenvalue weighted by Crippen LogP contribution is 2.24. The van der Waals surface area contributed by atoms with Gasteiger partial charge in [0.05, 0.1) is 6.61 Å². The largest absolute Gasteiger partial charge is 0.493 e. The second-order valence-electron chi connectivity index (χ2n) is 3.97. The highest BCUT2D eigenvalue weighted by atomic mass is 32.1. The monoisotopic (exact) mass is 276 g/mol. The zero-order valence-corrected chi connectivity index (χ0v) is 11.5. The van der Waals surface area contributed by atoms with Crippen molar-refractivity contribution in [1.29, 1.82) is 0 Å². The molecule has 1 aromatic carbocycles. The van der Waals surface area contributed by atoms with Crippen LogP contribution in [-0.4, -0.2) is 12.5 Å². The molecule has 0 atom stereocenters. The number of carbonyl (C=O) groups is 1. The van der Waals surface area contributed by atoms with Gasteiger partial charge in [-0.05, 0) is 41.4 Å². The third-order valence-corrected chi connectivity index (χ3v) is 3.35. The van der Waals surface area contributed by atoms with Crippen LogP contribution in [0.25, 0.3) is 0 Å². The van der Waals surface area contributed by atoms with Crippen molar-refractivity contribution in [3.05, 3.63) is 46.2 Å². The Morgan fingerprint density at radius 1 is 1.42 bits per heavy atom. The van der Waals surface area contributed by atoms with E-state index in [0.29, 0.717) is 30.2 Å². The fraction of sp³-hybridized carbons (Fsp3) is 0.214. The van der Waals surface area contributed by atoms with Crippen molar-refractivity contribution in [2.24, 2.45) is 0 Å². The molecule has 0 unspecified atom stereocenters. The number of hydrogen-bond acceptors (Lipinski definition) is 4. The lowest BCUT2D eigenvalue weighted by Gasteiger charge is -2.12. The molecule has 0 bridgehead atoms. The SMILES string of the molecule is CCOc1cccc(N)c1C(=O)NCc1ccsc1. The number of ether oxygens (including phenoxy) is 1. The van der Waals surface area contributed by atoms with Gasteiger partial charge in [0, 0.05) is 12.2 Å². The van der Waals surface area contributed by atoms with Gasteiger partial charge >= 0.3 is 0 Å². The summed E-state index contributed by atoms with van der Waals surface area (Å²) in [5.74, 6) is 0.304. The molecule has 0 spiro atoms. The highest BCUT2D eigenvalue weighted by molar-refractivity contribution is 7.07. The molecular weight excluding hydrogens is 260 g/mol. The first-order valence-electron chi connectivity index (χ1n) is 6.03. The van der Waals surface area contributed by atoms with Crippen LogP contribution >= 0.6 is 11.3 Å². The first-order valence-corrected chi connectivity index (χ1v) is 6.97. The average Bonchev–Trinajstić information content (AvgIpc) is 2.90. The predicted molar refractivity (Wildman–Crippen MR) is 77.5 cm³/mol. The summed E-state index contributed by atoms with van der Waals surface area (Å²) in [6, 6.07) is 7.19. The summed E-state index contributed by atoms with van der Waals surface area (Å²) in [6.45, 7) is 2.85. The van der Waals surface area contributed by atoms with Crippen molar-refractivity contribution in [3.63, 3.8) is 0 Å². The minimum Gasteiger partial charge on any atom is -0.493 e. The van der Waals surface area contributed by atoms with E-state index in [-0.39, 0.29) is 5.91 Å². The van der Waals surface area contributed by atoms with E-state index in [1.165, 1.54) is 0 Å². The molecule has 1 aromatic heterocycles. The average molecular weight is 276 g/mol. The van der Waals surface area contributed by atoms with Crippen LogP contribution in [0, 0.1) is 0 Å². The third-order valence-electron chi connectivity index (χ3n) is 2.62. The Bertz CT molecular complexity index is 553. The molecule has 0 aliphatic heterocycles. The topological polar surface area (TPSA) is 64.3 Å². The summed E-state index contributed by atoms with van der Waals surface area (Å²) in [7, 11) is 0. The Labute approximate surface area is 116 Å². The fourth-order valence-electron chi connectivity index (χ4n) is 1.73. The van der Waals surface area contributed by atoms with Crippen LogP contribution in [0.1, 0.15) is 22.8 Å². The summed E-state index contributed by atoms with van der Waals surface area (Å²) in [6.07, 6.45) is 0. The molecule has 4 nitrogen and oxygen atoms in total. The van der Waals surface area contributed by atoms with Crippen LogP contribution in [0.4, 0.5) is 5.69 Å². The summed E-state index contributed by atoms with van der Waals surface area (Å²) in [5.41, 5.74) is 7.76. The number of nitrogens with two attached hydrogens (primary N) is 1. The normalized spacial score (nSPS) is 10.2. The summed E-state index contributed by atoms with van der Waals surface area (Å²) in [5, 5.41) is 6.82. The number of amides is 1. The van der Waals surface area contributed by atoms with Crippen LogP contribution in [0.5, 0.6) is 5.75 Å². The van der Waals surface area contributed by atoms with E-state index < -0.39 is 0 Å². The zero-order chi connectivity index (χ0) is 13.7. The Morgan fingerprint density at radius 3 is 2.95 bits per heavy atom. The maximum atomic E-state index is 12.2. The Balaban J connectivity index is 2.13. The zero-order valence-electron chi connectivity index (χ0n) is 10.7. The number of nitrogen functional groups attached to an aromatic ring is 1.